The van der Waals surface area contributed by atoms with Crippen LogP contribution < -0.4 is 10.6 Å². The Balaban J connectivity index is 1.81. The van der Waals surface area contributed by atoms with Crippen molar-refractivity contribution in [2.45, 2.75) is 46.5 Å². The second-order valence-corrected chi connectivity index (χ2v) is 9.27. The van der Waals surface area contributed by atoms with E-state index in [0.717, 1.165) is 23.2 Å². The lowest BCUT2D eigenvalue weighted by molar-refractivity contribution is -0.118. The molecule has 2 aromatic rings. The predicted molar refractivity (Wildman–Crippen MR) is 120 cm³/mol. The predicted octanol–water partition coefficient (Wildman–Crippen LogP) is 5.38. The molecule has 0 saturated heterocycles. The van der Waals surface area contributed by atoms with Crippen molar-refractivity contribution in [1.82, 2.24) is 5.32 Å². The number of halogens is 1. The van der Waals surface area contributed by atoms with Gasteiger partial charge in [-0.25, -0.2) is 4.39 Å². The fourth-order valence-corrected chi connectivity index (χ4v) is 4.58. The third-order valence-corrected chi connectivity index (χ3v) is 6.02. The summed E-state index contributed by atoms with van der Waals surface area (Å²) in [5.41, 5.74) is 4.61. The molecule has 2 aromatic carbocycles. The lowest BCUT2D eigenvalue weighted by atomic mass is 9.68. The molecule has 31 heavy (non-hydrogen) atoms. The van der Waals surface area contributed by atoms with Crippen LogP contribution in [0.15, 0.2) is 71.1 Å². The van der Waals surface area contributed by atoms with Crippen molar-refractivity contribution in [1.29, 1.82) is 0 Å². The van der Waals surface area contributed by atoms with E-state index in [0.29, 0.717) is 23.3 Å². The molecule has 4 nitrogen and oxygen atoms in total. The van der Waals surface area contributed by atoms with Gasteiger partial charge in [-0.1, -0.05) is 55.8 Å². The first-order valence-electron chi connectivity index (χ1n) is 10.5. The molecule has 0 fully saturated rings. The van der Waals surface area contributed by atoms with E-state index >= 15 is 0 Å². The first-order chi connectivity index (χ1) is 14.7. The zero-order chi connectivity index (χ0) is 22.3. The summed E-state index contributed by atoms with van der Waals surface area (Å²) < 4.78 is 14.2. The Morgan fingerprint density at radius 1 is 1.06 bits per heavy atom. The molecular formula is C26H27FN2O2. The molecule has 1 amide bonds. The number of nitrogens with one attached hydrogen (secondary N) is 2. The van der Waals surface area contributed by atoms with Crippen LogP contribution in [0, 0.1) is 18.2 Å². The largest absolute Gasteiger partial charge is 0.362 e. The zero-order valence-corrected chi connectivity index (χ0v) is 18.3. The average Bonchev–Trinajstić information content (AvgIpc) is 2.68. The Morgan fingerprint density at radius 3 is 2.42 bits per heavy atom. The van der Waals surface area contributed by atoms with Crippen LogP contribution in [0.5, 0.6) is 0 Å². The van der Waals surface area contributed by atoms with Crippen molar-refractivity contribution in [3.05, 3.63) is 88.0 Å². The fraction of sp³-hybridized carbons (Fsp3) is 0.308. The van der Waals surface area contributed by atoms with Crippen LogP contribution in [0.4, 0.5) is 10.1 Å². The second-order valence-electron chi connectivity index (χ2n) is 9.27. The monoisotopic (exact) mass is 418 g/mol. The van der Waals surface area contributed by atoms with Crippen molar-refractivity contribution in [3.8, 4) is 0 Å². The number of para-hydroxylation sites is 1. The highest BCUT2D eigenvalue weighted by Crippen LogP contribution is 2.46. The van der Waals surface area contributed by atoms with Crippen molar-refractivity contribution >= 4 is 17.4 Å². The van der Waals surface area contributed by atoms with Gasteiger partial charge >= 0.3 is 0 Å². The van der Waals surface area contributed by atoms with E-state index in [9.17, 15) is 14.0 Å². The minimum absolute atomic E-state index is 0.0491. The molecule has 2 N–H and O–H groups in total. The van der Waals surface area contributed by atoms with Gasteiger partial charge in [-0.15, -0.1) is 0 Å². The van der Waals surface area contributed by atoms with E-state index < -0.39 is 17.6 Å². The number of hydrogen-bond donors (Lipinski definition) is 2. The van der Waals surface area contributed by atoms with Crippen molar-refractivity contribution in [3.63, 3.8) is 0 Å². The number of carbonyl (C=O) groups excluding carboxylic acids is 2. The molecular weight excluding hydrogens is 391 g/mol. The molecule has 0 saturated carbocycles. The molecule has 2 aliphatic rings. The van der Waals surface area contributed by atoms with E-state index in [1.165, 1.54) is 12.1 Å². The summed E-state index contributed by atoms with van der Waals surface area (Å²) in [6.45, 7) is 8.00. The number of allylic oxidation sites excluding steroid dienone is 3. The van der Waals surface area contributed by atoms with Crippen molar-refractivity contribution in [2.24, 2.45) is 5.41 Å². The summed E-state index contributed by atoms with van der Waals surface area (Å²) >= 11 is 0. The minimum Gasteiger partial charge on any atom is -0.362 e. The molecule has 160 valence electrons. The SMILES string of the molecule is CC1=C(C(=O)Nc2ccccc2F)[C@H](c2ccc(C)cc2)C2=C(CC(C)(C)CC2=O)N1. The number of dihydropyridines is 1. The van der Waals surface area contributed by atoms with Crippen LogP contribution in [0.25, 0.3) is 0 Å². The van der Waals surface area contributed by atoms with Gasteiger partial charge in [-0.05, 0) is 43.4 Å². The van der Waals surface area contributed by atoms with Gasteiger partial charge in [0.1, 0.15) is 5.82 Å². The van der Waals surface area contributed by atoms with Crippen molar-refractivity contribution in [2.75, 3.05) is 5.32 Å². The maximum atomic E-state index is 14.2. The highest BCUT2D eigenvalue weighted by Gasteiger charge is 2.42. The van der Waals surface area contributed by atoms with Gasteiger partial charge < -0.3 is 10.6 Å². The standard InChI is InChI=1S/C26H27FN2O2/c1-15-9-11-17(12-10-15)23-22(25(31)29-19-8-6-5-7-18(19)27)16(2)28-20-13-26(3,4)14-21(30)24(20)23/h5-12,23,28H,13-14H2,1-4H3,(H,29,31)/t23-/m0/s1. The summed E-state index contributed by atoms with van der Waals surface area (Å²) in [6.07, 6.45) is 1.16. The Hall–Kier alpha value is -3.21. The van der Waals surface area contributed by atoms with E-state index in [2.05, 4.69) is 24.5 Å². The maximum absolute atomic E-state index is 14.2. The zero-order valence-electron chi connectivity index (χ0n) is 18.3. The summed E-state index contributed by atoms with van der Waals surface area (Å²) in [7, 11) is 0. The lowest BCUT2D eigenvalue weighted by Crippen LogP contribution is -2.39. The molecule has 1 heterocycles. The number of amides is 1. The summed E-state index contributed by atoms with van der Waals surface area (Å²) in [6, 6.07) is 14.0. The van der Waals surface area contributed by atoms with Gasteiger partial charge in [0.25, 0.3) is 5.91 Å². The maximum Gasteiger partial charge on any atom is 0.254 e. The molecule has 4 rings (SSSR count). The van der Waals surface area contributed by atoms with Gasteiger partial charge in [0, 0.05) is 34.9 Å². The van der Waals surface area contributed by atoms with Crippen LogP contribution >= 0.6 is 0 Å². The van der Waals surface area contributed by atoms with Gasteiger partial charge in [-0.3, -0.25) is 9.59 Å². The smallest absolute Gasteiger partial charge is 0.254 e. The molecule has 1 aliphatic carbocycles. The third-order valence-electron chi connectivity index (χ3n) is 6.02. The number of carbonyl (C=O) groups is 2. The number of Topliss-reactive ketones (excluding diaryl/α,β-unsaturated/α-hetero) is 1. The third kappa shape index (κ3) is 4.05. The number of ketones is 1. The van der Waals surface area contributed by atoms with Crippen LogP contribution in [0.1, 0.15) is 50.7 Å². The Kier molecular flexibility index (Phi) is 5.29. The molecule has 0 radical (unpaired) electrons. The molecule has 1 aliphatic heterocycles. The van der Waals surface area contributed by atoms with Crippen molar-refractivity contribution < 1.29 is 14.0 Å². The Morgan fingerprint density at radius 2 is 1.74 bits per heavy atom. The van der Waals surface area contributed by atoms with Gasteiger partial charge in [0.15, 0.2) is 5.78 Å². The van der Waals surface area contributed by atoms with Crippen LogP contribution in [0.3, 0.4) is 0 Å². The highest BCUT2D eigenvalue weighted by molar-refractivity contribution is 6.10. The molecule has 0 bridgehead atoms. The number of aryl methyl sites for hydroxylation is 1. The van der Waals surface area contributed by atoms with E-state index in [1.54, 1.807) is 12.1 Å². The topological polar surface area (TPSA) is 58.2 Å². The second kappa shape index (κ2) is 7.80. The van der Waals surface area contributed by atoms with Crippen LogP contribution in [0.2, 0.25) is 0 Å². The summed E-state index contributed by atoms with van der Waals surface area (Å²) in [5, 5.41) is 6.03. The van der Waals surface area contributed by atoms with Gasteiger partial charge in [0.05, 0.1) is 5.69 Å². The Labute approximate surface area is 182 Å². The average molecular weight is 419 g/mol. The van der Waals surface area contributed by atoms with Gasteiger partial charge in [-0.2, -0.15) is 0 Å². The number of rotatable bonds is 3. The summed E-state index contributed by atoms with van der Waals surface area (Å²) in [4.78, 5) is 26.6. The molecule has 0 aromatic heterocycles. The summed E-state index contributed by atoms with van der Waals surface area (Å²) in [5.74, 6) is -1.36. The minimum atomic E-state index is -0.500. The quantitative estimate of drug-likeness (QED) is 0.704. The van der Waals surface area contributed by atoms with E-state index in [-0.39, 0.29) is 16.9 Å². The number of hydrogen-bond acceptors (Lipinski definition) is 3. The first kappa shape index (κ1) is 21.0. The van der Waals surface area contributed by atoms with Crippen LogP contribution in [-0.4, -0.2) is 11.7 Å². The van der Waals surface area contributed by atoms with E-state index in [4.69, 9.17) is 0 Å². The lowest BCUT2D eigenvalue weighted by Gasteiger charge is -2.39. The normalized spacial score (nSPS) is 20.3. The van der Waals surface area contributed by atoms with E-state index in [1.807, 2.05) is 38.1 Å². The van der Waals surface area contributed by atoms with Crippen LogP contribution in [-0.2, 0) is 9.59 Å². The molecule has 1 atom stereocenters. The number of benzene rings is 2. The number of anilines is 1. The molecule has 0 unspecified atom stereocenters. The van der Waals surface area contributed by atoms with Gasteiger partial charge in [0.2, 0.25) is 0 Å². The molecule has 5 heteroatoms. The highest BCUT2D eigenvalue weighted by atomic mass is 19.1. The first-order valence-corrected chi connectivity index (χ1v) is 10.5. The Bertz CT molecular complexity index is 1130. The fourth-order valence-electron chi connectivity index (χ4n) is 4.58. The molecule has 0 spiro atoms.